The molecule has 0 unspecified atom stereocenters. The highest BCUT2D eigenvalue weighted by molar-refractivity contribution is 5.43. The van der Waals surface area contributed by atoms with Gasteiger partial charge in [0.05, 0.1) is 7.11 Å². The Balaban J connectivity index is 1.57. The summed E-state index contributed by atoms with van der Waals surface area (Å²) in [7, 11) is 3.87. The molecule has 25 heavy (non-hydrogen) atoms. The third-order valence-electron chi connectivity index (χ3n) is 4.73. The van der Waals surface area contributed by atoms with E-state index < -0.39 is 0 Å². The number of nitrogens with one attached hydrogen (secondary N) is 1. The van der Waals surface area contributed by atoms with Crippen LogP contribution < -0.4 is 14.8 Å². The molecule has 134 valence electrons. The first-order valence-corrected chi connectivity index (χ1v) is 8.86. The summed E-state index contributed by atoms with van der Waals surface area (Å²) in [5, 5.41) is 3.56. The van der Waals surface area contributed by atoms with E-state index in [0.717, 1.165) is 30.2 Å². The van der Waals surface area contributed by atoms with Crippen LogP contribution in [0.3, 0.4) is 0 Å². The Labute approximate surface area is 150 Å². The smallest absolute Gasteiger partial charge is 0.161 e. The minimum absolute atomic E-state index is 0.480. The Kier molecular flexibility index (Phi) is 6.25. The maximum Gasteiger partial charge on any atom is 0.161 e. The van der Waals surface area contributed by atoms with Crippen molar-refractivity contribution >= 4 is 0 Å². The normalized spacial score (nSPS) is 17.6. The predicted octanol–water partition coefficient (Wildman–Crippen LogP) is 2.85. The van der Waals surface area contributed by atoms with E-state index in [-0.39, 0.29) is 0 Å². The molecule has 0 bridgehead atoms. The summed E-state index contributed by atoms with van der Waals surface area (Å²) < 4.78 is 11.4. The van der Waals surface area contributed by atoms with E-state index in [1.54, 1.807) is 13.3 Å². The largest absolute Gasteiger partial charge is 0.493 e. The van der Waals surface area contributed by atoms with Crippen LogP contribution in [0.4, 0.5) is 0 Å². The van der Waals surface area contributed by atoms with Gasteiger partial charge in [-0.1, -0.05) is 12.1 Å². The minimum Gasteiger partial charge on any atom is -0.493 e. The summed E-state index contributed by atoms with van der Waals surface area (Å²) in [5.74, 6) is 1.52. The van der Waals surface area contributed by atoms with Crippen LogP contribution >= 0.6 is 0 Å². The fourth-order valence-electron chi connectivity index (χ4n) is 3.21. The highest BCUT2D eigenvalue weighted by Gasteiger charge is 2.19. The van der Waals surface area contributed by atoms with E-state index in [0.29, 0.717) is 12.6 Å². The maximum atomic E-state index is 5.95. The number of likely N-dealkylation sites (tertiary alicyclic amines) is 1. The van der Waals surface area contributed by atoms with Gasteiger partial charge in [0.1, 0.15) is 6.61 Å². The molecule has 1 aliphatic heterocycles. The second kappa shape index (κ2) is 8.83. The zero-order chi connectivity index (χ0) is 17.5. The van der Waals surface area contributed by atoms with Crippen molar-refractivity contribution in [2.45, 2.75) is 32.0 Å². The summed E-state index contributed by atoms with van der Waals surface area (Å²) in [6, 6.07) is 10.7. The topological polar surface area (TPSA) is 46.6 Å². The maximum absolute atomic E-state index is 5.95. The number of benzene rings is 1. The van der Waals surface area contributed by atoms with Gasteiger partial charge < -0.3 is 19.7 Å². The SMILES string of the molecule is COc1ccc(CNC[C@H]2CCCN2C)cc1OCc1cccnc1. The zero-order valence-electron chi connectivity index (χ0n) is 15.1. The van der Waals surface area contributed by atoms with Crippen molar-refractivity contribution in [3.8, 4) is 11.5 Å². The van der Waals surface area contributed by atoms with Crippen molar-refractivity contribution in [2.24, 2.45) is 0 Å². The summed E-state index contributed by atoms with van der Waals surface area (Å²) in [5.41, 5.74) is 2.24. The van der Waals surface area contributed by atoms with E-state index in [9.17, 15) is 0 Å². The number of nitrogens with zero attached hydrogens (tertiary/aromatic N) is 2. The van der Waals surface area contributed by atoms with Gasteiger partial charge in [-0.3, -0.25) is 4.98 Å². The number of pyridine rings is 1. The average molecular weight is 341 g/mol. The Morgan fingerprint density at radius 1 is 1.24 bits per heavy atom. The van der Waals surface area contributed by atoms with Gasteiger partial charge in [-0.2, -0.15) is 0 Å². The first-order valence-electron chi connectivity index (χ1n) is 8.86. The van der Waals surface area contributed by atoms with Crippen LogP contribution in [0.1, 0.15) is 24.0 Å². The van der Waals surface area contributed by atoms with E-state index in [2.05, 4.69) is 34.4 Å². The standard InChI is InChI=1S/C20H27N3O2/c1-23-10-4-6-18(23)14-22-12-16-7-8-19(24-2)20(11-16)25-15-17-5-3-9-21-13-17/h3,5,7-9,11,13,18,22H,4,6,10,12,14-15H2,1-2H3/t18-/m1/s1. The second-order valence-electron chi connectivity index (χ2n) is 6.54. The lowest BCUT2D eigenvalue weighted by molar-refractivity contribution is 0.283. The minimum atomic E-state index is 0.480. The van der Waals surface area contributed by atoms with Crippen molar-refractivity contribution in [1.29, 1.82) is 0 Å². The first-order chi connectivity index (χ1) is 12.3. The van der Waals surface area contributed by atoms with E-state index in [4.69, 9.17) is 9.47 Å². The van der Waals surface area contributed by atoms with Gasteiger partial charge in [0, 0.05) is 37.1 Å². The summed E-state index contributed by atoms with van der Waals surface area (Å²) in [6.45, 7) is 3.54. The third kappa shape index (κ3) is 4.94. The summed E-state index contributed by atoms with van der Waals surface area (Å²) in [6.07, 6.45) is 6.16. The molecule has 1 aromatic heterocycles. The lowest BCUT2D eigenvalue weighted by Gasteiger charge is -2.20. The molecule has 1 aliphatic rings. The number of ether oxygens (including phenoxy) is 2. The summed E-state index contributed by atoms with van der Waals surface area (Å²) in [4.78, 5) is 6.55. The van der Waals surface area contributed by atoms with Crippen LogP contribution in [-0.2, 0) is 13.2 Å². The molecule has 1 fully saturated rings. The molecule has 0 amide bonds. The molecule has 1 saturated heterocycles. The van der Waals surface area contributed by atoms with Gasteiger partial charge in [-0.25, -0.2) is 0 Å². The number of methoxy groups -OCH3 is 1. The number of hydrogen-bond donors (Lipinski definition) is 1. The molecule has 2 aromatic rings. The van der Waals surface area contributed by atoms with E-state index in [1.807, 2.05) is 24.4 Å². The van der Waals surface area contributed by atoms with Crippen LogP contribution in [0, 0.1) is 0 Å². The quantitative estimate of drug-likeness (QED) is 0.800. The molecule has 3 rings (SSSR count). The fourth-order valence-corrected chi connectivity index (χ4v) is 3.21. The third-order valence-corrected chi connectivity index (χ3v) is 4.73. The Hall–Kier alpha value is -2.11. The van der Waals surface area contributed by atoms with Crippen molar-refractivity contribution in [3.05, 3.63) is 53.9 Å². The first kappa shape index (κ1) is 17.7. The Morgan fingerprint density at radius 3 is 2.88 bits per heavy atom. The molecule has 1 aromatic carbocycles. The van der Waals surface area contributed by atoms with Crippen LogP contribution in [0.15, 0.2) is 42.7 Å². The molecule has 5 nitrogen and oxygen atoms in total. The van der Waals surface area contributed by atoms with Crippen LogP contribution in [0.25, 0.3) is 0 Å². The number of aromatic nitrogens is 1. The Morgan fingerprint density at radius 2 is 2.16 bits per heavy atom. The van der Waals surface area contributed by atoms with Crippen LogP contribution in [0.2, 0.25) is 0 Å². The number of hydrogen-bond acceptors (Lipinski definition) is 5. The molecule has 1 N–H and O–H groups in total. The molecule has 2 heterocycles. The van der Waals surface area contributed by atoms with Gasteiger partial charge >= 0.3 is 0 Å². The molecular weight excluding hydrogens is 314 g/mol. The molecule has 5 heteroatoms. The molecule has 0 spiro atoms. The van der Waals surface area contributed by atoms with Gasteiger partial charge in [0.25, 0.3) is 0 Å². The highest BCUT2D eigenvalue weighted by Crippen LogP contribution is 2.29. The fraction of sp³-hybridized carbons (Fsp3) is 0.450. The van der Waals surface area contributed by atoms with Crippen molar-refractivity contribution < 1.29 is 9.47 Å². The molecule has 0 radical (unpaired) electrons. The van der Waals surface area contributed by atoms with Crippen LogP contribution in [0.5, 0.6) is 11.5 Å². The van der Waals surface area contributed by atoms with Crippen molar-refractivity contribution in [1.82, 2.24) is 15.2 Å². The van der Waals surface area contributed by atoms with Gasteiger partial charge in [-0.05, 0) is 50.2 Å². The van der Waals surface area contributed by atoms with E-state index in [1.165, 1.54) is 24.9 Å². The van der Waals surface area contributed by atoms with Crippen LogP contribution in [-0.4, -0.2) is 43.2 Å². The molecular formula is C20H27N3O2. The lowest BCUT2D eigenvalue weighted by Crippen LogP contribution is -2.35. The van der Waals surface area contributed by atoms with E-state index >= 15 is 0 Å². The highest BCUT2D eigenvalue weighted by atomic mass is 16.5. The number of rotatable bonds is 8. The molecule has 0 saturated carbocycles. The number of likely N-dealkylation sites (N-methyl/N-ethyl adjacent to an activating group) is 1. The van der Waals surface area contributed by atoms with Crippen molar-refractivity contribution in [3.63, 3.8) is 0 Å². The molecule has 1 atom stereocenters. The van der Waals surface area contributed by atoms with Gasteiger partial charge in [0.15, 0.2) is 11.5 Å². The average Bonchev–Trinajstić information content (AvgIpc) is 3.06. The van der Waals surface area contributed by atoms with Gasteiger partial charge in [-0.15, -0.1) is 0 Å². The lowest BCUT2D eigenvalue weighted by atomic mass is 10.2. The monoisotopic (exact) mass is 341 g/mol. The second-order valence-corrected chi connectivity index (χ2v) is 6.54. The Bertz CT molecular complexity index is 663. The van der Waals surface area contributed by atoms with Crippen molar-refractivity contribution in [2.75, 3.05) is 27.2 Å². The predicted molar refractivity (Wildman–Crippen MR) is 98.9 cm³/mol. The van der Waals surface area contributed by atoms with Gasteiger partial charge in [0.2, 0.25) is 0 Å². The molecule has 0 aliphatic carbocycles. The summed E-state index contributed by atoms with van der Waals surface area (Å²) >= 11 is 0. The zero-order valence-corrected chi connectivity index (χ0v) is 15.1.